The largest absolute Gasteiger partial charge is 1.00 e. The molecule has 0 aromatic heterocycles. The van der Waals surface area contributed by atoms with Crippen LogP contribution < -0.4 is 34.9 Å². The van der Waals surface area contributed by atoms with E-state index in [1.54, 1.807) is 6.92 Å². The fourth-order valence-corrected chi connectivity index (χ4v) is 2.68. The van der Waals surface area contributed by atoms with Gasteiger partial charge in [-0.15, -0.1) is 0 Å². The Kier molecular flexibility index (Phi) is 5.82. The summed E-state index contributed by atoms with van der Waals surface area (Å²) in [6.45, 7) is 1.79. The molecule has 1 saturated heterocycles. The van der Waals surface area contributed by atoms with E-state index in [1.807, 2.05) is 0 Å². The molecule has 2 rings (SSSR count). The van der Waals surface area contributed by atoms with Crippen molar-refractivity contribution >= 4 is 17.8 Å². The second-order valence-electron chi connectivity index (χ2n) is 4.76. The van der Waals surface area contributed by atoms with E-state index < -0.39 is 17.9 Å². The second-order valence-corrected chi connectivity index (χ2v) is 4.76. The Morgan fingerprint density at radius 1 is 1.22 bits per heavy atom. The van der Waals surface area contributed by atoms with E-state index in [0.717, 1.165) is 32.1 Å². The van der Waals surface area contributed by atoms with Crippen LogP contribution in [0.4, 0.5) is 4.79 Å². The molecule has 1 saturated carbocycles. The third kappa shape index (κ3) is 2.95. The van der Waals surface area contributed by atoms with Crippen molar-refractivity contribution in [2.24, 2.45) is 5.92 Å². The van der Waals surface area contributed by atoms with Gasteiger partial charge in [-0.05, 0) is 19.3 Å². The monoisotopic (exact) mass is 262 g/mol. The average molecular weight is 262 g/mol. The van der Waals surface area contributed by atoms with E-state index in [9.17, 15) is 14.4 Å². The van der Waals surface area contributed by atoms with Crippen LogP contribution in [0.3, 0.4) is 0 Å². The molecule has 5 nitrogen and oxygen atoms in total. The Hall–Kier alpha value is -0.390. The van der Waals surface area contributed by atoms with Gasteiger partial charge >= 0.3 is 35.6 Å². The zero-order chi connectivity index (χ0) is 12.4. The predicted molar refractivity (Wildman–Crippen MR) is 62.2 cm³/mol. The number of urea groups is 1. The van der Waals surface area contributed by atoms with Crippen molar-refractivity contribution in [2.45, 2.75) is 51.5 Å². The molecule has 6 heteroatoms. The van der Waals surface area contributed by atoms with Gasteiger partial charge in [0.15, 0.2) is 0 Å². The van der Waals surface area contributed by atoms with Crippen molar-refractivity contribution in [1.29, 1.82) is 0 Å². The maximum Gasteiger partial charge on any atom is 1.00 e. The normalized spacial score (nSPS) is 25.7. The minimum atomic E-state index is -0.686. The molecule has 1 atom stereocenters. The molecule has 0 radical (unpaired) electrons. The zero-order valence-electron chi connectivity index (χ0n) is 12.1. The number of imide groups is 2. The van der Waals surface area contributed by atoms with Gasteiger partial charge in [0, 0.05) is 6.04 Å². The number of rotatable bonds is 2. The minimum Gasteiger partial charge on any atom is -1.00 e. The number of hydrogen-bond donors (Lipinski definition) is 1. The van der Waals surface area contributed by atoms with Crippen LogP contribution in [-0.2, 0) is 9.59 Å². The molecule has 1 aliphatic heterocycles. The van der Waals surface area contributed by atoms with E-state index >= 15 is 0 Å². The summed E-state index contributed by atoms with van der Waals surface area (Å²) in [5, 5.41) is 2.29. The molecule has 2 aliphatic rings. The van der Waals surface area contributed by atoms with E-state index in [0.29, 0.717) is 6.42 Å². The summed E-state index contributed by atoms with van der Waals surface area (Å²) < 4.78 is 0. The van der Waals surface area contributed by atoms with E-state index in [4.69, 9.17) is 0 Å². The van der Waals surface area contributed by atoms with Crippen molar-refractivity contribution < 1.29 is 45.4 Å². The van der Waals surface area contributed by atoms with Gasteiger partial charge in [0.25, 0.3) is 0 Å². The molecular weight excluding hydrogens is 243 g/mol. The van der Waals surface area contributed by atoms with E-state index in [1.165, 1.54) is 4.90 Å². The Labute approximate surface area is 130 Å². The fourth-order valence-electron chi connectivity index (χ4n) is 2.68. The zero-order valence-corrected chi connectivity index (χ0v) is 13.1. The first-order valence-electron chi connectivity index (χ1n) is 6.33. The standard InChI is InChI=1S/C12H18N2O3.Na.H/c1-2-9-10(15)13-12(17)14(11(9)16)8-6-4-3-5-7-8;;/h8-9H,2-7H2,1H3,(H,13,15,17);;/q;+1;-1. The number of nitrogens with zero attached hydrogens (tertiary/aromatic N) is 1. The number of nitrogens with one attached hydrogen (secondary N) is 1. The number of carbonyl (C=O) groups excluding carboxylic acids is 3. The Balaban J connectivity index is 0.00000162. The van der Waals surface area contributed by atoms with Gasteiger partial charge in [0.05, 0.1) is 0 Å². The van der Waals surface area contributed by atoms with Crippen LogP contribution in [0.15, 0.2) is 0 Å². The van der Waals surface area contributed by atoms with Gasteiger partial charge in [-0.2, -0.15) is 0 Å². The molecule has 0 spiro atoms. The van der Waals surface area contributed by atoms with Gasteiger partial charge in [-0.25, -0.2) is 4.79 Å². The van der Waals surface area contributed by atoms with Crippen molar-refractivity contribution in [3.63, 3.8) is 0 Å². The summed E-state index contributed by atoms with van der Waals surface area (Å²) in [7, 11) is 0. The van der Waals surface area contributed by atoms with Crippen molar-refractivity contribution in [3.8, 4) is 0 Å². The van der Waals surface area contributed by atoms with Crippen LogP contribution >= 0.6 is 0 Å². The molecule has 1 unspecified atom stereocenters. The van der Waals surface area contributed by atoms with Crippen LogP contribution in [0, 0.1) is 5.92 Å². The fraction of sp³-hybridized carbons (Fsp3) is 0.750. The van der Waals surface area contributed by atoms with Crippen LogP contribution in [0.2, 0.25) is 0 Å². The van der Waals surface area contributed by atoms with E-state index in [2.05, 4.69) is 5.32 Å². The van der Waals surface area contributed by atoms with Crippen LogP contribution in [0.25, 0.3) is 0 Å². The molecule has 0 aromatic rings. The van der Waals surface area contributed by atoms with Crippen molar-refractivity contribution in [1.82, 2.24) is 10.2 Å². The third-order valence-electron chi connectivity index (χ3n) is 3.65. The summed E-state index contributed by atoms with van der Waals surface area (Å²) in [6.07, 6.45) is 5.43. The quantitative estimate of drug-likeness (QED) is 0.488. The average Bonchev–Trinajstić information content (AvgIpc) is 2.30. The Bertz CT molecular complexity index is 359. The second kappa shape index (κ2) is 6.68. The number of barbiturate groups is 1. The summed E-state index contributed by atoms with van der Waals surface area (Å²) >= 11 is 0. The molecule has 1 N–H and O–H groups in total. The van der Waals surface area contributed by atoms with Gasteiger partial charge in [-0.1, -0.05) is 26.2 Å². The molecule has 1 aliphatic carbocycles. The topological polar surface area (TPSA) is 66.5 Å². The minimum absolute atomic E-state index is 0. The third-order valence-corrected chi connectivity index (χ3v) is 3.65. The van der Waals surface area contributed by atoms with Gasteiger partial charge in [0.1, 0.15) is 5.92 Å². The summed E-state index contributed by atoms with van der Waals surface area (Å²) in [5.41, 5.74) is 0. The van der Waals surface area contributed by atoms with E-state index in [-0.39, 0.29) is 42.9 Å². The number of amides is 4. The Morgan fingerprint density at radius 2 is 1.83 bits per heavy atom. The predicted octanol–water partition coefficient (Wildman–Crippen LogP) is -1.46. The summed E-state index contributed by atoms with van der Waals surface area (Å²) in [5.74, 6) is -1.45. The van der Waals surface area contributed by atoms with Crippen LogP contribution in [0.5, 0.6) is 0 Å². The van der Waals surface area contributed by atoms with Crippen LogP contribution in [-0.4, -0.2) is 28.8 Å². The Morgan fingerprint density at radius 3 is 2.39 bits per heavy atom. The molecule has 4 amide bonds. The first-order valence-corrected chi connectivity index (χ1v) is 6.33. The molecule has 0 aromatic carbocycles. The SMILES string of the molecule is CCC1C(=O)NC(=O)N(C2CCCCC2)C1=O.[H-].[Na+]. The number of hydrogen-bond acceptors (Lipinski definition) is 3. The van der Waals surface area contributed by atoms with Crippen LogP contribution in [0.1, 0.15) is 46.9 Å². The molecule has 0 bridgehead atoms. The van der Waals surface area contributed by atoms with Gasteiger partial charge < -0.3 is 1.43 Å². The maximum atomic E-state index is 12.1. The molecule has 96 valence electrons. The van der Waals surface area contributed by atoms with Gasteiger partial charge in [-0.3, -0.25) is 19.8 Å². The van der Waals surface area contributed by atoms with Crippen molar-refractivity contribution in [2.75, 3.05) is 0 Å². The molecule has 1 heterocycles. The first-order chi connectivity index (χ1) is 8.15. The molecule has 18 heavy (non-hydrogen) atoms. The van der Waals surface area contributed by atoms with Crippen molar-refractivity contribution in [3.05, 3.63) is 0 Å². The molecule has 2 fully saturated rings. The first kappa shape index (κ1) is 15.7. The summed E-state index contributed by atoms with van der Waals surface area (Å²) in [6, 6.07) is -0.546. The summed E-state index contributed by atoms with van der Waals surface area (Å²) in [4.78, 5) is 36.7. The number of carbonyl (C=O) groups is 3. The molecular formula is C12H19N2NaO3. The van der Waals surface area contributed by atoms with Gasteiger partial charge in [0.2, 0.25) is 11.8 Å². The smallest absolute Gasteiger partial charge is 1.00 e. The maximum absolute atomic E-state index is 12.1.